The summed E-state index contributed by atoms with van der Waals surface area (Å²) in [5.41, 5.74) is 2.29. The van der Waals surface area contributed by atoms with Crippen molar-refractivity contribution in [2.75, 3.05) is 11.9 Å². The Balaban J connectivity index is 1.85. The normalized spacial score (nSPS) is 11.8. The molecule has 1 amide bonds. The van der Waals surface area contributed by atoms with Crippen LogP contribution in [0.1, 0.15) is 68.8 Å². The summed E-state index contributed by atoms with van der Waals surface area (Å²) in [6, 6.07) is 14.4. The van der Waals surface area contributed by atoms with E-state index in [4.69, 9.17) is 9.47 Å². The molecule has 0 saturated carbocycles. The van der Waals surface area contributed by atoms with Crippen LogP contribution >= 0.6 is 0 Å². The lowest BCUT2D eigenvalue weighted by Gasteiger charge is -2.15. The fourth-order valence-corrected chi connectivity index (χ4v) is 2.72. The Hall–Kier alpha value is -2.82. The molecule has 1 N–H and O–H groups in total. The predicted octanol–water partition coefficient (Wildman–Crippen LogP) is 5.56. The molecule has 2 aromatic rings. The Morgan fingerprint density at radius 1 is 0.931 bits per heavy atom. The minimum atomic E-state index is -0.650. The molecular weight excluding hydrogens is 366 g/mol. The highest BCUT2D eigenvalue weighted by Gasteiger charge is 2.15. The lowest BCUT2D eigenvalue weighted by Crippen LogP contribution is -2.30. The van der Waals surface area contributed by atoms with Gasteiger partial charge < -0.3 is 14.8 Å². The number of benzene rings is 2. The van der Waals surface area contributed by atoms with E-state index in [0.717, 1.165) is 19.3 Å². The van der Waals surface area contributed by atoms with Gasteiger partial charge in [-0.05, 0) is 61.2 Å². The summed E-state index contributed by atoms with van der Waals surface area (Å²) < 4.78 is 11.0. The maximum atomic E-state index is 12.4. The molecule has 1 atom stereocenters. The highest BCUT2D eigenvalue weighted by Crippen LogP contribution is 2.20. The largest absolute Gasteiger partial charge is 0.481 e. The van der Waals surface area contributed by atoms with Gasteiger partial charge in [0.05, 0.1) is 12.2 Å². The number of nitrogens with one attached hydrogen (secondary N) is 1. The van der Waals surface area contributed by atoms with Gasteiger partial charge in [0, 0.05) is 5.69 Å². The first-order valence-electron chi connectivity index (χ1n) is 10.3. The lowest BCUT2D eigenvalue weighted by molar-refractivity contribution is -0.122. The van der Waals surface area contributed by atoms with Crippen molar-refractivity contribution < 1.29 is 19.1 Å². The van der Waals surface area contributed by atoms with Gasteiger partial charge >= 0.3 is 5.97 Å². The zero-order valence-corrected chi connectivity index (χ0v) is 17.7. The summed E-state index contributed by atoms with van der Waals surface area (Å²) in [5.74, 6) is 0.493. The first-order chi connectivity index (χ1) is 13.9. The molecular formula is C24H31NO4. The molecule has 0 bridgehead atoms. The van der Waals surface area contributed by atoms with E-state index in [-0.39, 0.29) is 11.9 Å². The zero-order valence-electron chi connectivity index (χ0n) is 17.7. The average molecular weight is 398 g/mol. The van der Waals surface area contributed by atoms with Crippen LogP contribution in [0.4, 0.5) is 5.69 Å². The van der Waals surface area contributed by atoms with Gasteiger partial charge in [-0.25, -0.2) is 4.79 Å². The van der Waals surface area contributed by atoms with Crippen LogP contribution in [-0.4, -0.2) is 24.6 Å². The van der Waals surface area contributed by atoms with E-state index in [0.29, 0.717) is 29.5 Å². The Bertz CT molecular complexity index is 782. The van der Waals surface area contributed by atoms with Crippen molar-refractivity contribution in [2.45, 2.75) is 59.0 Å². The highest BCUT2D eigenvalue weighted by molar-refractivity contribution is 5.95. The zero-order chi connectivity index (χ0) is 21.2. The minimum Gasteiger partial charge on any atom is -0.481 e. The van der Waals surface area contributed by atoms with Gasteiger partial charge in [-0.1, -0.05) is 45.7 Å². The van der Waals surface area contributed by atoms with Crippen LogP contribution in [0.15, 0.2) is 48.5 Å². The Morgan fingerprint density at radius 2 is 1.59 bits per heavy atom. The standard InChI is InChI=1S/C24H31NO4/c1-5-6-7-16-28-24(27)20-8-12-21(13-9-20)25-23(26)18(4)29-22-14-10-19(11-15-22)17(2)3/h8-15,17-18H,5-7,16H2,1-4H3,(H,25,26). The Kier molecular flexibility index (Phi) is 8.71. The van der Waals surface area contributed by atoms with Crippen molar-refractivity contribution in [1.29, 1.82) is 0 Å². The number of rotatable bonds is 10. The second kappa shape index (κ2) is 11.2. The quantitative estimate of drug-likeness (QED) is 0.421. The maximum absolute atomic E-state index is 12.4. The smallest absolute Gasteiger partial charge is 0.338 e. The predicted molar refractivity (Wildman–Crippen MR) is 116 cm³/mol. The SMILES string of the molecule is CCCCCOC(=O)c1ccc(NC(=O)C(C)Oc2ccc(C(C)C)cc2)cc1. The molecule has 156 valence electrons. The maximum Gasteiger partial charge on any atom is 0.338 e. The molecule has 0 spiro atoms. The van der Waals surface area contributed by atoms with Gasteiger partial charge in [-0.3, -0.25) is 4.79 Å². The van der Waals surface area contributed by atoms with Crippen LogP contribution in [0.3, 0.4) is 0 Å². The Morgan fingerprint density at radius 3 is 2.17 bits per heavy atom. The molecule has 0 aliphatic heterocycles. The van der Waals surface area contributed by atoms with Gasteiger partial charge in [0.15, 0.2) is 6.10 Å². The van der Waals surface area contributed by atoms with E-state index in [1.54, 1.807) is 31.2 Å². The van der Waals surface area contributed by atoms with E-state index >= 15 is 0 Å². The highest BCUT2D eigenvalue weighted by atomic mass is 16.5. The second-order valence-electron chi connectivity index (χ2n) is 7.39. The molecule has 0 aliphatic carbocycles. The first kappa shape index (κ1) is 22.5. The van der Waals surface area contributed by atoms with Crippen LogP contribution < -0.4 is 10.1 Å². The molecule has 0 heterocycles. The molecule has 0 radical (unpaired) electrons. The van der Waals surface area contributed by atoms with E-state index in [1.807, 2.05) is 24.3 Å². The van der Waals surface area contributed by atoms with E-state index in [1.165, 1.54) is 5.56 Å². The molecule has 0 aliphatic rings. The number of ether oxygens (including phenoxy) is 2. The summed E-state index contributed by atoms with van der Waals surface area (Å²) >= 11 is 0. The van der Waals surface area contributed by atoms with Crippen molar-refractivity contribution in [3.63, 3.8) is 0 Å². The van der Waals surface area contributed by atoms with Crippen LogP contribution in [0, 0.1) is 0 Å². The van der Waals surface area contributed by atoms with Crippen molar-refractivity contribution in [3.05, 3.63) is 59.7 Å². The number of carbonyl (C=O) groups is 2. The molecule has 0 saturated heterocycles. The number of amides is 1. The van der Waals surface area contributed by atoms with Gasteiger partial charge in [0.2, 0.25) is 0 Å². The molecule has 5 nitrogen and oxygen atoms in total. The van der Waals surface area contributed by atoms with Crippen LogP contribution in [-0.2, 0) is 9.53 Å². The van der Waals surface area contributed by atoms with Crippen molar-refractivity contribution >= 4 is 17.6 Å². The summed E-state index contributed by atoms with van der Waals surface area (Å²) in [5, 5.41) is 2.80. The monoisotopic (exact) mass is 397 g/mol. The third-order valence-corrected chi connectivity index (χ3v) is 4.60. The van der Waals surface area contributed by atoms with E-state index in [2.05, 4.69) is 26.1 Å². The molecule has 29 heavy (non-hydrogen) atoms. The molecule has 5 heteroatoms. The van der Waals surface area contributed by atoms with Gasteiger partial charge in [0.25, 0.3) is 5.91 Å². The van der Waals surface area contributed by atoms with Crippen molar-refractivity contribution in [3.8, 4) is 5.75 Å². The fraction of sp³-hybridized carbons (Fsp3) is 0.417. The fourth-order valence-electron chi connectivity index (χ4n) is 2.72. The molecule has 2 rings (SSSR count). The number of hydrogen-bond acceptors (Lipinski definition) is 4. The van der Waals surface area contributed by atoms with Crippen molar-refractivity contribution in [1.82, 2.24) is 0 Å². The van der Waals surface area contributed by atoms with Gasteiger partial charge in [-0.2, -0.15) is 0 Å². The first-order valence-corrected chi connectivity index (χ1v) is 10.3. The number of anilines is 1. The second-order valence-corrected chi connectivity index (χ2v) is 7.39. The number of esters is 1. The summed E-state index contributed by atoms with van der Waals surface area (Å²) in [6.07, 6.45) is 2.34. The minimum absolute atomic E-state index is 0.257. The lowest BCUT2D eigenvalue weighted by atomic mass is 10.0. The molecule has 0 aromatic heterocycles. The summed E-state index contributed by atoms with van der Waals surface area (Å²) in [6.45, 7) is 8.49. The molecule has 0 fully saturated rings. The third kappa shape index (κ3) is 7.26. The number of hydrogen-bond donors (Lipinski definition) is 1. The van der Waals surface area contributed by atoms with Crippen LogP contribution in [0.5, 0.6) is 5.75 Å². The van der Waals surface area contributed by atoms with Crippen molar-refractivity contribution in [2.24, 2.45) is 0 Å². The topological polar surface area (TPSA) is 64.6 Å². The van der Waals surface area contributed by atoms with Crippen LogP contribution in [0.25, 0.3) is 0 Å². The average Bonchev–Trinajstić information content (AvgIpc) is 2.72. The number of unbranched alkanes of at least 4 members (excludes halogenated alkanes) is 2. The third-order valence-electron chi connectivity index (χ3n) is 4.60. The molecule has 2 aromatic carbocycles. The van der Waals surface area contributed by atoms with Gasteiger partial charge in [-0.15, -0.1) is 0 Å². The molecule has 1 unspecified atom stereocenters. The van der Waals surface area contributed by atoms with E-state index in [9.17, 15) is 9.59 Å². The van der Waals surface area contributed by atoms with Crippen LogP contribution in [0.2, 0.25) is 0 Å². The van der Waals surface area contributed by atoms with E-state index < -0.39 is 6.10 Å². The summed E-state index contributed by atoms with van der Waals surface area (Å²) in [4.78, 5) is 24.4. The summed E-state index contributed by atoms with van der Waals surface area (Å²) in [7, 11) is 0. The van der Waals surface area contributed by atoms with Gasteiger partial charge in [0.1, 0.15) is 5.75 Å². The number of carbonyl (C=O) groups excluding carboxylic acids is 2. The Labute approximate surface area is 173 Å².